The summed E-state index contributed by atoms with van der Waals surface area (Å²) in [7, 11) is 0. The number of nitriles is 6. The highest BCUT2D eigenvalue weighted by atomic mass is 15.0. The van der Waals surface area contributed by atoms with Gasteiger partial charge >= 0.3 is 0 Å². The van der Waals surface area contributed by atoms with Crippen LogP contribution in [0.2, 0.25) is 0 Å². The van der Waals surface area contributed by atoms with Gasteiger partial charge in [0.05, 0.1) is 109 Å². The second kappa shape index (κ2) is 25.5. The molecule has 2 aliphatic carbocycles. The van der Waals surface area contributed by atoms with Crippen LogP contribution in [0.25, 0.3) is 139 Å². The Morgan fingerprint density at radius 2 is 1.16 bits per heavy atom. The van der Waals surface area contributed by atoms with Crippen molar-refractivity contribution in [2.75, 3.05) is 0 Å². The van der Waals surface area contributed by atoms with Gasteiger partial charge in [0, 0.05) is 77.2 Å². The maximum atomic E-state index is 11.5. The predicted octanol–water partition coefficient (Wildman–Crippen LogP) is 21.8. The summed E-state index contributed by atoms with van der Waals surface area (Å²) in [5, 5.41) is 70.0. The van der Waals surface area contributed by atoms with E-state index in [9.17, 15) is 31.6 Å². The van der Waals surface area contributed by atoms with Crippen LogP contribution in [0.5, 0.6) is 0 Å². The Hall–Kier alpha value is -14.4. The minimum absolute atomic E-state index is 0.368. The smallest absolute Gasteiger partial charge is 0.0999 e. The summed E-state index contributed by atoms with van der Waals surface area (Å²) < 4.78 is 8.99. The van der Waals surface area contributed by atoms with Crippen molar-refractivity contribution < 1.29 is 0 Å². The van der Waals surface area contributed by atoms with Gasteiger partial charge in [0.1, 0.15) is 0 Å². The first-order valence-electron chi connectivity index (χ1n) is 33.6. The Kier molecular flexibility index (Phi) is 15.6. The van der Waals surface area contributed by atoms with Crippen LogP contribution < -0.4 is 0 Å². The van der Waals surface area contributed by atoms with Crippen molar-refractivity contribution in [2.45, 2.75) is 33.1 Å². The fourth-order valence-electron chi connectivity index (χ4n) is 15.7. The summed E-state index contributed by atoms with van der Waals surface area (Å²) in [5.74, 6) is 2.36. The summed E-state index contributed by atoms with van der Waals surface area (Å²) in [5.41, 5.74) is 23.1. The van der Waals surface area contributed by atoms with E-state index in [0.29, 0.717) is 52.7 Å². The standard InChI is InChI=1S/C92H58N10/c1-5-18-69(57(3)19-15-20-58(4)99-81-29-12-9-25-73(81)74-26-10-13-30-82(74)99)68(6-2)76-43-59(51-93)33-38-84(76)102-88-42-37-63(55-97)47-80(88)91-66(56-98)48-65(50-90(91)102)71-28-17-32-89-92(71)75-27-11-14-31-83(75)100(89)67-22-16-21-64(49-67)70-23-7-8-24-72(70)77-44-60(52-94)34-39-85(77)101-86-40-35-61(53-95)45-78(86)79-46-62(54-96)36-41-87(79)101/h1,6-36,38-41,44-50,59H,3,37,42-43H2,2,4H3/b19-15-,58-20+,68-6+,69-18-. The van der Waals surface area contributed by atoms with Crippen LogP contribution in [-0.2, 0) is 6.42 Å². The number of fused-ring (bicyclic) bond motifs is 12. The summed E-state index contributed by atoms with van der Waals surface area (Å²) in [6.07, 6.45) is 23.5. The number of rotatable bonds is 12. The van der Waals surface area contributed by atoms with Crippen LogP contribution >= 0.6 is 0 Å². The molecule has 0 fully saturated rings. The molecule has 4 heterocycles. The molecule has 0 bridgehead atoms. The lowest BCUT2D eigenvalue weighted by molar-refractivity contribution is 0.791. The lowest BCUT2D eigenvalue weighted by Crippen LogP contribution is -2.14. The SMILES string of the molecule is C#C/C=C(C(=C)/C=C\C=C(/C)n1c2ccccc2c2ccccc21)\C(=C/C)C1=C(n2c3c(c4c(C#N)cc(-c5cccc6c5c5ccccc5n6-c5cccc(-c6ccccc6-c6cc(C#N)ccc6-n6c7ccc(C#N)cc7c7cc(C#N)ccc76)c5)cc42)C=C(C#N)CC3)C=CC(C#N)C1. The molecule has 0 saturated carbocycles. The molecule has 102 heavy (non-hydrogen) atoms. The fourth-order valence-corrected chi connectivity index (χ4v) is 15.7. The first kappa shape index (κ1) is 62.4. The Morgan fingerprint density at radius 1 is 0.529 bits per heavy atom. The van der Waals surface area contributed by atoms with Gasteiger partial charge < -0.3 is 18.3 Å². The molecule has 10 nitrogen and oxygen atoms in total. The van der Waals surface area contributed by atoms with Crippen molar-refractivity contribution in [3.05, 3.63) is 317 Å². The number of nitrogens with zero attached hydrogens (tertiary/aromatic N) is 10. The molecule has 14 aromatic rings. The molecular formula is C92H58N10. The van der Waals surface area contributed by atoms with E-state index in [-0.39, 0.29) is 0 Å². The highest BCUT2D eigenvalue weighted by Crippen LogP contribution is 2.48. The van der Waals surface area contributed by atoms with Crippen LogP contribution in [0.4, 0.5) is 0 Å². The molecular weight excluding hydrogens is 1250 g/mol. The van der Waals surface area contributed by atoms with E-state index in [0.717, 1.165) is 150 Å². The van der Waals surface area contributed by atoms with E-state index < -0.39 is 5.92 Å². The Morgan fingerprint density at radius 3 is 1.83 bits per heavy atom. The zero-order valence-electron chi connectivity index (χ0n) is 55.7. The van der Waals surface area contributed by atoms with Crippen LogP contribution in [0.1, 0.15) is 60.2 Å². The van der Waals surface area contributed by atoms with Gasteiger partial charge in [-0.3, -0.25) is 0 Å². The number of allylic oxidation sites excluding steroid dienone is 14. The first-order valence-corrected chi connectivity index (χ1v) is 33.6. The van der Waals surface area contributed by atoms with Crippen molar-refractivity contribution in [2.24, 2.45) is 5.92 Å². The van der Waals surface area contributed by atoms with Crippen LogP contribution in [-0.4, -0.2) is 18.3 Å². The topological polar surface area (TPSA) is 162 Å². The number of terminal acetylenes is 1. The minimum Gasteiger partial charge on any atom is -0.313 e. The normalized spacial score (nSPS) is 14.0. The molecule has 0 saturated heterocycles. The van der Waals surface area contributed by atoms with Gasteiger partial charge in [-0.2, -0.15) is 31.6 Å². The number of aromatic nitrogens is 4. The van der Waals surface area contributed by atoms with Gasteiger partial charge in [-0.05, 0) is 211 Å². The summed E-state index contributed by atoms with van der Waals surface area (Å²) >= 11 is 0. The molecule has 10 heteroatoms. The summed E-state index contributed by atoms with van der Waals surface area (Å²) in [4.78, 5) is 0. The van der Waals surface area contributed by atoms with E-state index in [1.54, 1.807) is 18.2 Å². The van der Waals surface area contributed by atoms with E-state index in [2.05, 4.69) is 214 Å². The molecule has 16 rings (SSSR count). The monoisotopic (exact) mass is 1300 g/mol. The van der Waals surface area contributed by atoms with Crippen LogP contribution in [0.3, 0.4) is 0 Å². The van der Waals surface area contributed by atoms with E-state index in [1.807, 2.05) is 104 Å². The second-order valence-corrected chi connectivity index (χ2v) is 25.7. The number of para-hydroxylation sites is 3. The second-order valence-electron chi connectivity index (χ2n) is 25.7. The largest absolute Gasteiger partial charge is 0.313 e. The van der Waals surface area contributed by atoms with Gasteiger partial charge in [0.2, 0.25) is 0 Å². The lowest BCUT2D eigenvalue weighted by atomic mass is 9.83. The molecule has 0 amide bonds. The van der Waals surface area contributed by atoms with Crippen molar-refractivity contribution in [1.82, 2.24) is 18.3 Å². The molecule has 1 atom stereocenters. The number of hydrogen-bond donors (Lipinski definition) is 0. The summed E-state index contributed by atoms with van der Waals surface area (Å²) in [6.45, 7) is 8.72. The quantitative estimate of drug-likeness (QED) is 0.0873. The minimum atomic E-state index is -0.460. The van der Waals surface area contributed by atoms with Crippen LogP contribution in [0.15, 0.2) is 283 Å². The van der Waals surface area contributed by atoms with Gasteiger partial charge in [0.25, 0.3) is 0 Å². The van der Waals surface area contributed by atoms with Crippen molar-refractivity contribution in [3.8, 4) is 93.5 Å². The predicted molar refractivity (Wildman–Crippen MR) is 412 cm³/mol. The van der Waals surface area contributed by atoms with E-state index >= 15 is 0 Å². The molecule has 476 valence electrons. The number of hydrogen-bond acceptors (Lipinski definition) is 6. The third-order valence-corrected chi connectivity index (χ3v) is 20.1. The molecule has 0 N–H and O–H groups in total. The molecule has 4 aromatic heterocycles. The van der Waals surface area contributed by atoms with Gasteiger partial charge in [-0.1, -0.05) is 140 Å². The average Bonchev–Trinajstić information content (AvgIpc) is 1.56. The highest BCUT2D eigenvalue weighted by Gasteiger charge is 2.31. The zero-order chi connectivity index (χ0) is 69.9. The maximum absolute atomic E-state index is 11.5. The third-order valence-electron chi connectivity index (χ3n) is 20.1. The fraction of sp³-hybridized carbons (Fsp3) is 0.0652. The van der Waals surface area contributed by atoms with E-state index in [1.165, 1.54) is 10.8 Å². The van der Waals surface area contributed by atoms with Gasteiger partial charge in [-0.25, -0.2) is 0 Å². The van der Waals surface area contributed by atoms with Crippen molar-refractivity contribution >= 4 is 93.8 Å². The molecule has 0 aliphatic heterocycles. The van der Waals surface area contributed by atoms with Crippen molar-refractivity contribution in [3.63, 3.8) is 0 Å². The van der Waals surface area contributed by atoms with E-state index in [4.69, 9.17) is 6.42 Å². The molecule has 0 spiro atoms. The Labute approximate surface area is 589 Å². The van der Waals surface area contributed by atoms with Crippen molar-refractivity contribution in [1.29, 1.82) is 31.6 Å². The highest BCUT2D eigenvalue weighted by molar-refractivity contribution is 6.17. The third kappa shape index (κ3) is 10.1. The molecule has 10 aromatic carbocycles. The summed E-state index contributed by atoms with van der Waals surface area (Å²) in [6, 6.07) is 84.1. The van der Waals surface area contributed by atoms with Crippen LogP contribution in [0, 0.1) is 86.2 Å². The van der Waals surface area contributed by atoms with Gasteiger partial charge in [-0.15, -0.1) is 6.42 Å². The molecule has 2 aliphatic rings. The zero-order valence-corrected chi connectivity index (χ0v) is 55.7. The van der Waals surface area contributed by atoms with Gasteiger partial charge in [0.15, 0.2) is 0 Å². The molecule has 1 unspecified atom stereocenters. The number of benzene rings is 10. The Bertz CT molecular complexity index is 6480. The lowest BCUT2D eigenvalue weighted by Gasteiger charge is -2.26. The first-order chi connectivity index (χ1) is 50.1. The molecule has 0 radical (unpaired) electrons. The average molecular weight is 1300 g/mol. The maximum Gasteiger partial charge on any atom is 0.0999 e. The Balaban J connectivity index is 0.832.